The number of carbonyl (C=O) groups excluding carboxylic acids is 1. The van der Waals surface area contributed by atoms with Crippen molar-refractivity contribution in [1.29, 1.82) is 0 Å². The zero-order chi connectivity index (χ0) is 13.5. The van der Waals surface area contributed by atoms with Gasteiger partial charge in [0.2, 0.25) is 0 Å². The van der Waals surface area contributed by atoms with Crippen LogP contribution in [0, 0.1) is 3.57 Å². The van der Waals surface area contributed by atoms with E-state index in [0.29, 0.717) is 22.3 Å². The van der Waals surface area contributed by atoms with Gasteiger partial charge in [-0.1, -0.05) is 0 Å². The van der Waals surface area contributed by atoms with Gasteiger partial charge < -0.3 is 19.8 Å². The number of phenols is 1. The van der Waals surface area contributed by atoms with Crippen molar-refractivity contribution in [2.45, 2.75) is 0 Å². The zero-order valence-corrected chi connectivity index (χ0v) is 12.3. The summed E-state index contributed by atoms with van der Waals surface area (Å²) >= 11 is 1.99. The first kappa shape index (κ1) is 15.2. The third-order valence-electron chi connectivity index (χ3n) is 2.42. The van der Waals surface area contributed by atoms with Crippen molar-refractivity contribution in [2.24, 2.45) is 0 Å². The number of aliphatic hydroxyl groups excluding tert-OH is 1. The van der Waals surface area contributed by atoms with Crippen LogP contribution in [0.15, 0.2) is 18.2 Å². The highest BCUT2D eigenvalue weighted by Gasteiger charge is 2.16. The Balaban J connectivity index is 2.83. The molecule has 0 unspecified atom stereocenters. The number of phenolic OH excluding ortho intramolecular Hbond substituents is 1. The van der Waals surface area contributed by atoms with Gasteiger partial charge in [-0.2, -0.15) is 0 Å². The molecular formula is C12H16INO4. The van der Waals surface area contributed by atoms with Crippen molar-refractivity contribution in [2.75, 3.05) is 33.4 Å². The van der Waals surface area contributed by atoms with Crippen LogP contribution < -0.4 is 0 Å². The summed E-state index contributed by atoms with van der Waals surface area (Å²) in [7, 11) is 1.55. The van der Waals surface area contributed by atoms with E-state index in [0.717, 1.165) is 0 Å². The Morgan fingerprint density at radius 1 is 1.44 bits per heavy atom. The predicted molar refractivity (Wildman–Crippen MR) is 75.7 cm³/mol. The number of carbonyl (C=O) groups is 1. The number of ether oxygens (including phenoxy) is 1. The number of aromatic hydroxyl groups is 1. The van der Waals surface area contributed by atoms with Crippen LogP contribution in [0.5, 0.6) is 5.75 Å². The minimum atomic E-state index is -0.229. The standard InChI is InChI=1S/C12H16INO4/c1-18-7-5-14(4-6-15)12(17)9-2-3-10(13)11(16)8-9/h2-3,8,15-16H,4-7H2,1H3. The van der Waals surface area contributed by atoms with Crippen LogP contribution in [-0.2, 0) is 4.74 Å². The molecule has 0 radical (unpaired) electrons. The molecule has 0 spiro atoms. The Bertz CT molecular complexity index is 411. The third kappa shape index (κ3) is 4.11. The molecule has 0 saturated carbocycles. The number of benzene rings is 1. The Morgan fingerprint density at radius 2 is 2.17 bits per heavy atom. The summed E-state index contributed by atoms with van der Waals surface area (Å²) in [5.41, 5.74) is 0.400. The Hall–Kier alpha value is -0.860. The number of aliphatic hydroxyl groups is 1. The van der Waals surface area contributed by atoms with E-state index in [1.165, 1.54) is 11.0 Å². The van der Waals surface area contributed by atoms with Gasteiger partial charge in [0.25, 0.3) is 5.91 Å². The Kier molecular flexibility index (Phi) is 6.37. The molecule has 0 aliphatic heterocycles. The maximum Gasteiger partial charge on any atom is 0.254 e. The van der Waals surface area contributed by atoms with Crippen molar-refractivity contribution in [3.8, 4) is 5.75 Å². The van der Waals surface area contributed by atoms with Crippen LogP contribution in [0.4, 0.5) is 0 Å². The SMILES string of the molecule is COCCN(CCO)C(=O)c1ccc(I)c(O)c1. The van der Waals surface area contributed by atoms with Gasteiger partial charge in [0.1, 0.15) is 5.75 Å². The van der Waals surface area contributed by atoms with Crippen molar-refractivity contribution >= 4 is 28.5 Å². The average Bonchev–Trinajstić information content (AvgIpc) is 2.37. The summed E-state index contributed by atoms with van der Waals surface area (Å²) < 4.78 is 5.61. The van der Waals surface area contributed by atoms with Gasteiger partial charge in [-0.15, -0.1) is 0 Å². The average molecular weight is 365 g/mol. The third-order valence-corrected chi connectivity index (χ3v) is 3.33. The smallest absolute Gasteiger partial charge is 0.254 e. The molecule has 1 aromatic carbocycles. The summed E-state index contributed by atoms with van der Waals surface area (Å²) in [6.07, 6.45) is 0. The Labute approximate surface area is 120 Å². The lowest BCUT2D eigenvalue weighted by Gasteiger charge is -2.21. The quantitative estimate of drug-likeness (QED) is 0.741. The minimum Gasteiger partial charge on any atom is -0.507 e. The fourth-order valence-electron chi connectivity index (χ4n) is 1.47. The summed E-state index contributed by atoms with van der Waals surface area (Å²) in [5.74, 6) is -0.148. The van der Waals surface area contributed by atoms with E-state index in [1.54, 1.807) is 19.2 Å². The van der Waals surface area contributed by atoms with Crippen LogP contribution in [0.3, 0.4) is 0 Å². The van der Waals surface area contributed by atoms with E-state index in [9.17, 15) is 9.90 Å². The van der Waals surface area contributed by atoms with Crippen LogP contribution in [-0.4, -0.2) is 54.4 Å². The second-order valence-electron chi connectivity index (χ2n) is 3.67. The number of methoxy groups -OCH3 is 1. The maximum atomic E-state index is 12.1. The molecule has 5 nitrogen and oxygen atoms in total. The molecule has 0 heterocycles. The highest BCUT2D eigenvalue weighted by Crippen LogP contribution is 2.21. The van der Waals surface area contributed by atoms with E-state index in [2.05, 4.69) is 0 Å². The molecule has 18 heavy (non-hydrogen) atoms. The molecule has 1 amide bonds. The lowest BCUT2D eigenvalue weighted by Crippen LogP contribution is -2.36. The zero-order valence-electron chi connectivity index (χ0n) is 10.1. The first-order valence-electron chi connectivity index (χ1n) is 5.47. The van der Waals surface area contributed by atoms with E-state index in [-0.39, 0.29) is 24.8 Å². The number of nitrogens with zero attached hydrogens (tertiary/aromatic N) is 1. The highest BCUT2D eigenvalue weighted by atomic mass is 127. The molecular weight excluding hydrogens is 349 g/mol. The van der Waals surface area contributed by atoms with Crippen LogP contribution in [0.25, 0.3) is 0 Å². The Morgan fingerprint density at radius 3 is 2.72 bits per heavy atom. The fraction of sp³-hybridized carbons (Fsp3) is 0.417. The number of amides is 1. The van der Waals surface area contributed by atoms with Crippen molar-refractivity contribution in [1.82, 2.24) is 4.90 Å². The van der Waals surface area contributed by atoms with E-state index in [1.807, 2.05) is 22.6 Å². The first-order chi connectivity index (χ1) is 8.60. The number of rotatable bonds is 6. The predicted octanol–water partition coefficient (Wildman–Crippen LogP) is 1.08. The highest BCUT2D eigenvalue weighted by molar-refractivity contribution is 14.1. The maximum absolute atomic E-state index is 12.1. The molecule has 6 heteroatoms. The number of halogens is 1. The van der Waals surface area contributed by atoms with Gasteiger partial charge in [0, 0.05) is 25.8 Å². The number of hydrogen-bond donors (Lipinski definition) is 2. The normalized spacial score (nSPS) is 10.4. The molecule has 0 bridgehead atoms. The lowest BCUT2D eigenvalue weighted by molar-refractivity contribution is 0.0656. The van der Waals surface area contributed by atoms with Gasteiger partial charge in [0.15, 0.2) is 0 Å². The summed E-state index contributed by atoms with van der Waals surface area (Å²) in [5, 5.41) is 18.5. The molecule has 2 N–H and O–H groups in total. The molecule has 0 fully saturated rings. The monoisotopic (exact) mass is 365 g/mol. The van der Waals surface area contributed by atoms with Gasteiger partial charge in [-0.05, 0) is 40.8 Å². The first-order valence-corrected chi connectivity index (χ1v) is 6.55. The van der Waals surface area contributed by atoms with Crippen LogP contribution >= 0.6 is 22.6 Å². The van der Waals surface area contributed by atoms with Gasteiger partial charge in [0.05, 0.1) is 16.8 Å². The molecule has 0 atom stereocenters. The van der Waals surface area contributed by atoms with E-state index in [4.69, 9.17) is 9.84 Å². The lowest BCUT2D eigenvalue weighted by atomic mass is 10.2. The minimum absolute atomic E-state index is 0.0807. The molecule has 0 saturated heterocycles. The molecule has 0 aliphatic carbocycles. The van der Waals surface area contributed by atoms with Crippen LogP contribution in [0.1, 0.15) is 10.4 Å². The van der Waals surface area contributed by atoms with E-state index >= 15 is 0 Å². The second-order valence-corrected chi connectivity index (χ2v) is 4.84. The largest absolute Gasteiger partial charge is 0.507 e. The molecule has 1 rings (SSSR count). The van der Waals surface area contributed by atoms with Gasteiger partial charge in [-0.25, -0.2) is 0 Å². The molecule has 0 aliphatic rings. The van der Waals surface area contributed by atoms with Crippen molar-refractivity contribution in [3.05, 3.63) is 27.3 Å². The molecule has 100 valence electrons. The summed E-state index contributed by atoms with van der Waals surface area (Å²) in [6, 6.07) is 4.76. The van der Waals surface area contributed by atoms with Gasteiger partial charge >= 0.3 is 0 Å². The molecule has 0 aromatic heterocycles. The van der Waals surface area contributed by atoms with Crippen molar-refractivity contribution in [3.63, 3.8) is 0 Å². The summed E-state index contributed by atoms with van der Waals surface area (Å²) in [6.45, 7) is 0.950. The van der Waals surface area contributed by atoms with Crippen molar-refractivity contribution < 1.29 is 19.7 Å². The number of hydrogen-bond acceptors (Lipinski definition) is 4. The second kappa shape index (κ2) is 7.55. The topological polar surface area (TPSA) is 70.0 Å². The van der Waals surface area contributed by atoms with Gasteiger partial charge in [-0.3, -0.25) is 4.79 Å². The van der Waals surface area contributed by atoms with E-state index < -0.39 is 0 Å². The fourth-order valence-corrected chi connectivity index (χ4v) is 1.80. The summed E-state index contributed by atoms with van der Waals surface area (Å²) in [4.78, 5) is 13.6. The van der Waals surface area contributed by atoms with Crippen LogP contribution in [0.2, 0.25) is 0 Å². The molecule has 1 aromatic rings.